The van der Waals surface area contributed by atoms with E-state index in [4.69, 9.17) is 9.84 Å². The van der Waals surface area contributed by atoms with Crippen molar-refractivity contribution in [1.29, 1.82) is 0 Å². The van der Waals surface area contributed by atoms with Gasteiger partial charge in [-0.2, -0.15) is 0 Å². The normalized spacial score (nSPS) is 22.0. The fraction of sp³-hybridized carbons (Fsp3) is 0.500. The van der Waals surface area contributed by atoms with E-state index in [-0.39, 0.29) is 11.9 Å². The molecule has 2 N–H and O–H groups in total. The second kappa shape index (κ2) is 6.61. The first-order valence-electron chi connectivity index (χ1n) is 7.20. The average Bonchev–Trinajstić information content (AvgIpc) is 2.34. The van der Waals surface area contributed by atoms with Crippen LogP contribution in [0, 0.1) is 18.8 Å². The highest BCUT2D eigenvalue weighted by Crippen LogP contribution is 2.34. The van der Waals surface area contributed by atoms with E-state index < -0.39 is 17.8 Å². The van der Waals surface area contributed by atoms with Gasteiger partial charge in [-0.1, -0.05) is 12.1 Å². The minimum Gasteiger partial charge on any atom is -0.491 e. The summed E-state index contributed by atoms with van der Waals surface area (Å²) in [5.74, 6) is -1.24. The highest BCUT2D eigenvalue weighted by Gasteiger charge is 2.41. The lowest BCUT2D eigenvalue weighted by Gasteiger charge is -2.32. The van der Waals surface area contributed by atoms with Crippen molar-refractivity contribution >= 4 is 11.9 Å². The number of amides is 1. The molecule has 0 aromatic heterocycles. The minimum absolute atomic E-state index is 0.159. The number of hydrogen-bond acceptors (Lipinski definition) is 3. The SMILES string of the molecule is Cc1cccc(OCC(C)NC(=O)C2CCC2C(=O)O)c1. The van der Waals surface area contributed by atoms with E-state index in [9.17, 15) is 9.59 Å². The van der Waals surface area contributed by atoms with E-state index in [1.165, 1.54) is 0 Å². The number of hydrogen-bond donors (Lipinski definition) is 2. The molecule has 1 aliphatic carbocycles. The molecular formula is C16H21NO4. The lowest BCUT2D eigenvalue weighted by molar-refractivity contribution is -0.153. The Kier molecular flexibility index (Phi) is 4.83. The smallest absolute Gasteiger partial charge is 0.307 e. The third-order valence-corrected chi connectivity index (χ3v) is 3.81. The van der Waals surface area contributed by atoms with Crippen LogP contribution in [0.25, 0.3) is 0 Å². The van der Waals surface area contributed by atoms with Crippen molar-refractivity contribution in [2.75, 3.05) is 6.61 Å². The maximum absolute atomic E-state index is 12.0. The molecule has 0 spiro atoms. The summed E-state index contributed by atoms with van der Waals surface area (Å²) in [5.41, 5.74) is 1.11. The van der Waals surface area contributed by atoms with E-state index in [0.717, 1.165) is 11.3 Å². The lowest BCUT2D eigenvalue weighted by Crippen LogP contribution is -2.47. The van der Waals surface area contributed by atoms with Crippen LogP contribution in [0.2, 0.25) is 0 Å². The zero-order valence-electron chi connectivity index (χ0n) is 12.3. The van der Waals surface area contributed by atoms with Crippen molar-refractivity contribution in [2.45, 2.75) is 32.7 Å². The first kappa shape index (κ1) is 15.4. The third-order valence-electron chi connectivity index (χ3n) is 3.81. The molecule has 5 nitrogen and oxygen atoms in total. The van der Waals surface area contributed by atoms with Crippen LogP contribution in [-0.4, -0.2) is 29.6 Å². The Morgan fingerprint density at radius 3 is 2.67 bits per heavy atom. The molecule has 1 amide bonds. The van der Waals surface area contributed by atoms with Crippen molar-refractivity contribution in [2.24, 2.45) is 11.8 Å². The summed E-state index contributed by atoms with van der Waals surface area (Å²) < 4.78 is 5.62. The predicted octanol–water partition coefficient (Wildman–Crippen LogP) is 1.99. The van der Waals surface area contributed by atoms with Crippen molar-refractivity contribution in [3.63, 3.8) is 0 Å². The van der Waals surface area contributed by atoms with E-state index in [2.05, 4.69) is 5.32 Å². The topological polar surface area (TPSA) is 75.6 Å². The van der Waals surface area contributed by atoms with Gasteiger partial charge in [0.25, 0.3) is 0 Å². The molecule has 3 unspecified atom stereocenters. The molecule has 0 saturated heterocycles. The Labute approximate surface area is 124 Å². The van der Waals surface area contributed by atoms with E-state index in [1.807, 2.05) is 38.1 Å². The average molecular weight is 291 g/mol. The van der Waals surface area contributed by atoms with E-state index >= 15 is 0 Å². The fourth-order valence-corrected chi connectivity index (χ4v) is 2.43. The van der Waals surface area contributed by atoms with Gasteiger partial charge in [-0.05, 0) is 44.4 Å². The Bertz CT molecular complexity index is 529. The Morgan fingerprint density at radius 2 is 2.10 bits per heavy atom. The Morgan fingerprint density at radius 1 is 1.38 bits per heavy atom. The monoisotopic (exact) mass is 291 g/mol. The van der Waals surface area contributed by atoms with Crippen LogP contribution in [-0.2, 0) is 9.59 Å². The van der Waals surface area contributed by atoms with Gasteiger partial charge in [-0.15, -0.1) is 0 Å². The third kappa shape index (κ3) is 3.97. The van der Waals surface area contributed by atoms with Gasteiger partial charge in [0.2, 0.25) is 5.91 Å². The van der Waals surface area contributed by atoms with Gasteiger partial charge in [0.15, 0.2) is 0 Å². The number of carboxylic acids is 1. The summed E-state index contributed by atoms with van der Waals surface area (Å²) >= 11 is 0. The van der Waals surface area contributed by atoms with Crippen molar-refractivity contribution in [3.05, 3.63) is 29.8 Å². The molecule has 0 heterocycles. The summed E-state index contributed by atoms with van der Waals surface area (Å²) in [6.45, 7) is 4.20. The molecule has 0 bridgehead atoms. The number of aliphatic carboxylic acids is 1. The van der Waals surface area contributed by atoms with Crippen LogP contribution in [0.15, 0.2) is 24.3 Å². The second-order valence-electron chi connectivity index (χ2n) is 5.67. The zero-order chi connectivity index (χ0) is 15.4. The molecule has 1 aromatic carbocycles. The van der Waals surface area contributed by atoms with Gasteiger partial charge in [0, 0.05) is 0 Å². The quantitative estimate of drug-likeness (QED) is 0.840. The molecule has 5 heteroatoms. The lowest BCUT2D eigenvalue weighted by atomic mass is 9.73. The van der Waals surface area contributed by atoms with Gasteiger partial charge in [0.1, 0.15) is 12.4 Å². The highest BCUT2D eigenvalue weighted by molar-refractivity contribution is 5.86. The molecule has 1 aromatic rings. The molecular weight excluding hydrogens is 270 g/mol. The minimum atomic E-state index is -0.884. The van der Waals surface area contributed by atoms with Gasteiger partial charge < -0.3 is 15.2 Å². The molecule has 1 saturated carbocycles. The summed E-state index contributed by atoms with van der Waals surface area (Å²) in [4.78, 5) is 22.9. The van der Waals surface area contributed by atoms with Crippen LogP contribution >= 0.6 is 0 Å². The van der Waals surface area contributed by atoms with Gasteiger partial charge in [-0.25, -0.2) is 0 Å². The summed E-state index contributed by atoms with van der Waals surface area (Å²) in [6, 6.07) is 7.54. The van der Waals surface area contributed by atoms with Crippen molar-refractivity contribution in [1.82, 2.24) is 5.32 Å². The standard InChI is InChI=1S/C16H21NO4/c1-10-4-3-5-12(8-10)21-9-11(2)17-15(18)13-6-7-14(13)16(19)20/h3-5,8,11,13-14H,6-7,9H2,1-2H3,(H,17,18)(H,19,20). The maximum Gasteiger partial charge on any atom is 0.307 e. The number of carbonyl (C=O) groups excluding carboxylic acids is 1. The Hall–Kier alpha value is -2.04. The predicted molar refractivity (Wildman–Crippen MR) is 78.1 cm³/mol. The van der Waals surface area contributed by atoms with Gasteiger partial charge >= 0.3 is 5.97 Å². The summed E-state index contributed by atoms with van der Waals surface area (Å²) in [6.07, 6.45) is 1.23. The Balaban J connectivity index is 1.78. The van der Waals surface area contributed by atoms with Crippen LogP contribution < -0.4 is 10.1 Å². The molecule has 1 fully saturated rings. The van der Waals surface area contributed by atoms with Gasteiger partial charge in [-0.3, -0.25) is 9.59 Å². The number of aryl methyl sites for hydroxylation is 1. The molecule has 0 radical (unpaired) electrons. The summed E-state index contributed by atoms with van der Waals surface area (Å²) in [5, 5.41) is 11.8. The van der Waals surface area contributed by atoms with E-state index in [1.54, 1.807) is 0 Å². The van der Waals surface area contributed by atoms with Crippen LogP contribution in [0.4, 0.5) is 0 Å². The van der Waals surface area contributed by atoms with Crippen LogP contribution in [0.1, 0.15) is 25.3 Å². The molecule has 3 atom stereocenters. The number of ether oxygens (including phenoxy) is 1. The number of carboxylic acid groups (broad SMARTS) is 1. The number of rotatable bonds is 6. The number of benzene rings is 1. The first-order valence-corrected chi connectivity index (χ1v) is 7.20. The summed E-state index contributed by atoms with van der Waals surface area (Å²) in [7, 11) is 0. The number of nitrogens with one attached hydrogen (secondary N) is 1. The molecule has 1 aliphatic rings. The van der Waals surface area contributed by atoms with Crippen LogP contribution in [0.3, 0.4) is 0 Å². The largest absolute Gasteiger partial charge is 0.491 e. The maximum atomic E-state index is 12.0. The van der Waals surface area contributed by atoms with E-state index in [0.29, 0.717) is 19.4 Å². The molecule has 21 heavy (non-hydrogen) atoms. The molecule has 0 aliphatic heterocycles. The first-order chi connectivity index (χ1) is 9.97. The zero-order valence-corrected chi connectivity index (χ0v) is 12.3. The molecule has 114 valence electrons. The highest BCUT2D eigenvalue weighted by atomic mass is 16.5. The van der Waals surface area contributed by atoms with Gasteiger partial charge in [0.05, 0.1) is 17.9 Å². The van der Waals surface area contributed by atoms with Crippen LogP contribution in [0.5, 0.6) is 5.75 Å². The van der Waals surface area contributed by atoms with Crippen molar-refractivity contribution < 1.29 is 19.4 Å². The number of carbonyl (C=O) groups is 2. The second-order valence-corrected chi connectivity index (χ2v) is 5.67. The molecule has 2 rings (SSSR count). The fourth-order valence-electron chi connectivity index (χ4n) is 2.43. The van der Waals surface area contributed by atoms with Crippen molar-refractivity contribution in [3.8, 4) is 5.75 Å².